The molecule has 0 bridgehead atoms. The highest BCUT2D eigenvalue weighted by Crippen LogP contribution is 2.39. The molecule has 1 saturated heterocycles. The number of hydrogen-bond acceptors (Lipinski definition) is 8. The Morgan fingerprint density at radius 1 is 1.00 bits per heavy atom. The van der Waals surface area contributed by atoms with E-state index in [-0.39, 0.29) is 35.3 Å². The minimum absolute atomic E-state index is 0.0109. The number of benzene rings is 2. The Kier molecular flexibility index (Phi) is 12.6. The fourth-order valence-electron chi connectivity index (χ4n) is 6.58. The Hall–Kier alpha value is -4.03. The summed E-state index contributed by atoms with van der Waals surface area (Å²) < 4.78 is 11.9. The van der Waals surface area contributed by atoms with Crippen molar-refractivity contribution in [2.75, 3.05) is 13.6 Å². The molecule has 2 fully saturated rings. The highest BCUT2D eigenvalue weighted by Gasteiger charge is 2.41. The second-order valence-corrected chi connectivity index (χ2v) is 21.3. The topological polar surface area (TPSA) is 118 Å². The lowest BCUT2D eigenvalue weighted by Crippen LogP contribution is -2.56. The number of ketones is 1. The zero-order valence-electron chi connectivity index (χ0n) is 31.6. The summed E-state index contributed by atoms with van der Waals surface area (Å²) in [5.74, 6) is -0.0561. The van der Waals surface area contributed by atoms with Crippen LogP contribution in [0.4, 0.5) is 4.79 Å². The van der Waals surface area contributed by atoms with Crippen molar-refractivity contribution in [1.29, 1.82) is 0 Å². The number of thiazole rings is 1. The van der Waals surface area contributed by atoms with E-state index in [2.05, 4.69) is 39.2 Å². The maximum absolute atomic E-state index is 14.4. The van der Waals surface area contributed by atoms with Gasteiger partial charge in [-0.2, -0.15) is 0 Å². The molecule has 52 heavy (non-hydrogen) atoms. The number of nitrogens with one attached hydrogen (secondary N) is 1. The van der Waals surface area contributed by atoms with Crippen molar-refractivity contribution in [2.24, 2.45) is 5.92 Å². The van der Waals surface area contributed by atoms with Gasteiger partial charge in [0.2, 0.25) is 25.9 Å². The van der Waals surface area contributed by atoms with Gasteiger partial charge in [-0.3, -0.25) is 19.3 Å². The van der Waals surface area contributed by atoms with Gasteiger partial charge in [-0.25, -0.2) is 9.78 Å². The van der Waals surface area contributed by atoms with Crippen molar-refractivity contribution in [2.45, 2.75) is 116 Å². The predicted molar refractivity (Wildman–Crippen MR) is 206 cm³/mol. The van der Waals surface area contributed by atoms with Crippen molar-refractivity contribution in [3.63, 3.8) is 0 Å². The fraction of sp³-hybridized carbons (Fsp3) is 0.525. The van der Waals surface area contributed by atoms with Gasteiger partial charge in [0, 0.05) is 24.5 Å². The summed E-state index contributed by atoms with van der Waals surface area (Å²) in [4.78, 5) is 62.5. The van der Waals surface area contributed by atoms with Crippen LogP contribution in [0, 0.1) is 5.92 Å². The molecule has 3 aromatic rings. The van der Waals surface area contributed by atoms with Crippen molar-refractivity contribution in [3.05, 3.63) is 81.8 Å². The van der Waals surface area contributed by atoms with Crippen molar-refractivity contribution in [1.82, 2.24) is 20.1 Å². The number of rotatable bonds is 12. The van der Waals surface area contributed by atoms with Gasteiger partial charge in [0.25, 0.3) is 0 Å². The number of carbonyl (C=O) groups is 4. The molecule has 2 aliphatic rings. The molecule has 280 valence electrons. The summed E-state index contributed by atoms with van der Waals surface area (Å²) in [6.07, 6.45) is 5.68. The number of carbonyl (C=O) groups excluding carboxylic acids is 4. The van der Waals surface area contributed by atoms with Crippen LogP contribution in [0.5, 0.6) is 5.75 Å². The Morgan fingerprint density at radius 3 is 2.40 bits per heavy atom. The summed E-state index contributed by atoms with van der Waals surface area (Å²) in [5.41, 5.74) is 1.70. The molecular weight excluding hydrogens is 693 g/mol. The lowest BCUT2D eigenvalue weighted by atomic mass is 9.83. The number of likely N-dealkylation sites (N-methyl/N-ethyl adjacent to an activating group) is 1. The van der Waals surface area contributed by atoms with Crippen molar-refractivity contribution < 1.29 is 28.3 Å². The molecule has 0 spiro atoms. The van der Waals surface area contributed by atoms with Crippen molar-refractivity contribution in [3.8, 4) is 5.75 Å². The van der Waals surface area contributed by atoms with Gasteiger partial charge >= 0.3 is 6.09 Å². The molecule has 3 amide bonds. The van der Waals surface area contributed by atoms with Crippen LogP contribution >= 0.6 is 11.3 Å². The van der Waals surface area contributed by atoms with Crippen LogP contribution in [-0.4, -0.2) is 72.5 Å². The van der Waals surface area contributed by atoms with Gasteiger partial charge < -0.3 is 19.4 Å². The van der Waals surface area contributed by atoms with Crippen LogP contribution in [0.2, 0.25) is 18.1 Å². The average molecular weight is 747 g/mol. The van der Waals surface area contributed by atoms with Crippen LogP contribution in [0.15, 0.2) is 60.0 Å². The van der Waals surface area contributed by atoms with Gasteiger partial charge in [-0.1, -0.05) is 82.5 Å². The van der Waals surface area contributed by atoms with Gasteiger partial charge in [0.05, 0.1) is 6.04 Å². The van der Waals surface area contributed by atoms with E-state index in [0.717, 1.165) is 50.5 Å². The SMILES string of the molecule is C[C@@H](C(=O)N[C@H](C(=O)N1CCC[C@H]1c1nc(C(=O)c2cccc(O[Si](C)(C)C(C)(C)C)c2)cs1)C1CCCCC1)N(C)C(=O)OCc1ccccc1. The van der Waals surface area contributed by atoms with E-state index in [9.17, 15) is 19.2 Å². The highest BCUT2D eigenvalue weighted by atomic mass is 32.1. The molecule has 1 aromatic heterocycles. The first-order valence-electron chi connectivity index (χ1n) is 18.5. The van der Waals surface area contributed by atoms with Crippen molar-refractivity contribution >= 4 is 43.3 Å². The molecule has 2 heterocycles. The molecule has 2 aromatic carbocycles. The largest absolute Gasteiger partial charge is 0.543 e. The third-order valence-electron chi connectivity index (χ3n) is 11.0. The number of nitrogens with zero attached hydrogens (tertiary/aromatic N) is 3. The van der Waals surface area contributed by atoms with Gasteiger partial charge in [-0.15, -0.1) is 11.3 Å². The van der Waals surface area contributed by atoms with Crippen LogP contribution < -0.4 is 9.74 Å². The van der Waals surface area contributed by atoms with Crippen LogP contribution in [0.25, 0.3) is 0 Å². The zero-order chi connectivity index (χ0) is 37.6. The smallest absolute Gasteiger partial charge is 0.410 e. The molecule has 3 atom stereocenters. The second-order valence-electron chi connectivity index (χ2n) is 15.7. The van der Waals surface area contributed by atoms with E-state index in [0.29, 0.717) is 28.6 Å². The number of ether oxygens (including phenoxy) is 1. The van der Waals surface area contributed by atoms with Crippen LogP contribution in [0.1, 0.15) is 105 Å². The number of hydrogen-bond donors (Lipinski definition) is 1. The van der Waals surface area contributed by atoms with Crippen LogP contribution in [0.3, 0.4) is 0 Å². The number of likely N-dealkylation sites (tertiary alicyclic amines) is 1. The molecular formula is C40H54N4O6SSi. The van der Waals surface area contributed by atoms with E-state index in [1.54, 1.807) is 24.4 Å². The van der Waals surface area contributed by atoms with Gasteiger partial charge in [0.1, 0.15) is 35.1 Å². The molecule has 0 radical (unpaired) electrons. The molecule has 10 nitrogen and oxygen atoms in total. The molecule has 1 N–H and O–H groups in total. The monoisotopic (exact) mass is 746 g/mol. The molecule has 12 heteroatoms. The van der Waals surface area contributed by atoms with E-state index in [1.165, 1.54) is 23.3 Å². The molecule has 1 aliphatic heterocycles. The summed E-state index contributed by atoms with van der Waals surface area (Å²) in [6, 6.07) is 14.8. The fourth-order valence-corrected chi connectivity index (χ4v) is 8.55. The van der Waals surface area contributed by atoms with E-state index in [4.69, 9.17) is 14.1 Å². The van der Waals surface area contributed by atoms with E-state index < -0.39 is 32.4 Å². The number of aromatic nitrogens is 1. The lowest BCUT2D eigenvalue weighted by molar-refractivity contribution is -0.140. The maximum atomic E-state index is 14.4. The Labute approximate surface area is 313 Å². The minimum Gasteiger partial charge on any atom is -0.543 e. The summed E-state index contributed by atoms with van der Waals surface area (Å²) >= 11 is 1.39. The Morgan fingerprint density at radius 2 is 1.71 bits per heavy atom. The summed E-state index contributed by atoms with van der Waals surface area (Å²) in [5, 5.41) is 5.57. The van der Waals surface area contributed by atoms with E-state index >= 15 is 0 Å². The average Bonchev–Trinajstić information content (AvgIpc) is 3.82. The lowest BCUT2D eigenvalue weighted by Gasteiger charge is -2.36. The third-order valence-corrected chi connectivity index (χ3v) is 16.3. The highest BCUT2D eigenvalue weighted by molar-refractivity contribution is 7.10. The number of amides is 3. The first-order chi connectivity index (χ1) is 24.7. The normalized spacial score (nSPS) is 18.0. The quantitative estimate of drug-likeness (QED) is 0.147. The van der Waals surface area contributed by atoms with Gasteiger partial charge in [-0.05, 0) is 74.4 Å². The van der Waals surface area contributed by atoms with Gasteiger partial charge in [0.15, 0.2) is 0 Å². The molecule has 1 saturated carbocycles. The molecule has 1 aliphatic carbocycles. The standard InChI is InChI=1S/C40H54N4O6SSi/c1-27(43(5)39(48)49-25-28-16-10-8-11-17-28)36(46)42-34(29-18-12-9-13-19-29)38(47)44-23-15-22-33(44)37-41-32(26-51-37)35(45)30-20-14-21-31(24-30)50-52(6,7)40(2,3)4/h8,10-11,14,16-17,20-21,24,26-27,29,33-34H,9,12-13,15,18-19,22-23,25H2,1-7H3,(H,42,46)/t27-,33-,34-/m0/s1. The Balaban J connectivity index is 1.28. The summed E-state index contributed by atoms with van der Waals surface area (Å²) in [7, 11) is -0.559. The third kappa shape index (κ3) is 9.30. The predicted octanol–water partition coefficient (Wildman–Crippen LogP) is 8.14. The summed E-state index contributed by atoms with van der Waals surface area (Å²) in [6.45, 7) is 13.2. The maximum Gasteiger partial charge on any atom is 0.410 e. The second kappa shape index (κ2) is 16.8. The first-order valence-corrected chi connectivity index (χ1v) is 22.3. The molecule has 0 unspecified atom stereocenters. The Bertz CT molecular complexity index is 1720. The first kappa shape index (κ1) is 39.2. The zero-order valence-corrected chi connectivity index (χ0v) is 33.5. The van der Waals surface area contributed by atoms with E-state index in [1.807, 2.05) is 47.4 Å². The molecule has 5 rings (SSSR count). The van der Waals surface area contributed by atoms with Crippen LogP contribution in [-0.2, 0) is 20.9 Å². The minimum atomic E-state index is -2.09.